The first-order valence-electron chi connectivity index (χ1n) is 4.88. The molecule has 2 rings (SSSR count). The van der Waals surface area contributed by atoms with Gasteiger partial charge in [-0.05, 0) is 23.8 Å². The molecule has 4 heteroatoms. The fourth-order valence-electron chi connectivity index (χ4n) is 1.39. The maximum Gasteiger partial charge on any atom is 0.134 e. The molecule has 0 N–H and O–H groups in total. The summed E-state index contributed by atoms with van der Waals surface area (Å²) in [5.41, 5.74) is 1.13. The van der Waals surface area contributed by atoms with Crippen LogP contribution in [-0.4, -0.2) is 17.1 Å². The molecule has 82 valence electrons. The van der Waals surface area contributed by atoms with Crippen molar-refractivity contribution in [3.63, 3.8) is 0 Å². The lowest BCUT2D eigenvalue weighted by Gasteiger charge is -2.02. The number of rotatable bonds is 3. The number of aromatic nitrogens is 2. The highest BCUT2D eigenvalue weighted by Crippen LogP contribution is 2.13. The summed E-state index contributed by atoms with van der Waals surface area (Å²) in [6.07, 6.45) is 2.33. The second-order valence-corrected chi connectivity index (χ2v) is 3.71. The monoisotopic (exact) mass is 234 g/mol. The zero-order chi connectivity index (χ0) is 11.4. The van der Waals surface area contributed by atoms with Gasteiger partial charge in [0, 0.05) is 12.6 Å². The van der Waals surface area contributed by atoms with Crippen LogP contribution in [-0.2, 0) is 6.42 Å². The van der Waals surface area contributed by atoms with E-state index in [4.69, 9.17) is 16.3 Å². The van der Waals surface area contributed by atoms with Crippen LogP contribution in [0.2, 0.25) is 5.15 Å². The van der Waals surface area contributed by atoms with Crippen LogP contribution in [0.25, 0.3) is 0 Å². The average molecular weight is 235 g/mol. The summed E-state index contributed by atoms with van der Waals surface area (Å²) in [7, 11) is 1.65. The van der Waals surface area contributed by atoms with Crippen molar-refractivity contribution < 1.29 is 4.74 Å². The van der Waals surface area contributed by atoms with Gasteiger partial charge in [-0.25, -0.2) is 9.97 Å². The molecular weight excluding hydrogens is 224 g/mol. The van der Waals surface area contributed by atoms with Gasteiger partial charge in [-0.15, -0.1) is 0 Å². The molecule has 0 fully saturated rings. The van der Waals surface area contributed by atoms with Crippen molar-refractivity contribution in [2.24, 2.45) is 0 Å². The molecule has 0 saturated carbocycles. The molecular formula is C12H11ClN2O. The first-order chi connectivity index (χ1) is 7.78. The number of methoxy groups -OCH3 is 1. The first kappa shape index (κ1) is 10.9. The minimum atomic E-state index is 0.471. The Bertz CT molecular complexity index is 471. The van der Waals surface area contributed by atoms with Crippen LogP contribution in [0.4, 0.5) is 0 Å². The van der Waals surface area contributed by atoms with Crippen molar-refractivity contribution in [2.45, 2.75) is 6.42 Å². The van der Waals surface area contributed by atoms with Gasteiger partial charge >= 0.3 is 0 Å². The minimum Gasteiger partial charge on any atom is -0.497 e. The number of benzene rings is 1. The summed E-state index contributed by atoms with van der Waals surface area (Å²) in [5.74, 6) is 1.56. The van der Waals surface area contributed by atoms with Gasteiger partial charge in [-0.1, -0.05) is 23.7 Å². The van der Waals surface area contributed by atoms with Crippen molar-refractivity contribution in [3.8, 4) is 5.75 Å². The lowest BCUT2D eigenvalue weighted by molar-refractivity contribution is 0.414. The molecule has 0 bridgehead atoms. The van der Waals surface area contributed by atoms with E-state index < -0.39 is 0 Å². The van der Waals surface area contributed by atoms with Crippen LogP contribution in [0, 0.1) is 0 Å². The number of nitrogens with zero attached hydrogens (tertiary/aromatic N) is 2. The normalized spacial score (nSPS) is 10.1. The topological polar surface area (TPSA) is 35.0 Å². The number of ether oxygens (including phenoxy) is 1. The molecule has 0 amide bonds. The van der Waals surface area contributed by atoms with Crippen LogP contribution in [0.15, 0.2) is 36.5 Å². The SMILES string of the molecule is COc1ccc(Cc2nccc(Cl)n2)cc1. The molecule has 1 aromatic carbocycles. The zero-order valence-corrected chi connectivity index (χ0v) is 9.61. The van der Waals surface area contributed by atoms with E-state index in [0.717, 1.165) is 17.1 Å². The Labute approximate surface area is 99.1 Å². The van der Waals surface area contributed by atoms with Crippen LogP contribution >= 0.6 is 11.6 Å². The highest BCUT2D eigenvalue weighted by molar-refractivity contribution is 6.29. The summed E-state index contributed by atoms with van der Waals surface area (Å²) in [4.78, 5) is 8.28. The van der Waals surface area contributed by atoms with E-state index in [9.17, 15) is 0 Å². The molecule has 0 saturated heterocycles. The van der Waals surface area contributed by atoms with Gasteiger partial charge in [0.2, 0.25) is 0 Å². The largest absolute Gasteiger partial charge is 0.497 e. The molecule has 16 heavy (non-hydrogen) atoms. The highest BCUT2D eigenvalue weighted by Gasteiger charge is 2.00. The smallest absolute Gasteiger partial charge is 0.134 e. The summed E-state index contributed by atoms with van der Waals surface area (Å²) in [5, 5.41) is 0.471. The third-order valence-corrected chi connectivity index (χ3v) is 2.40. The fourth-order valence-corrected chi connectivity index (χ4v) is 1.54. The molecule has 3 nitrogen and oxygen atoms in total. The van der Waals surface area contributed by atoms with Gasteiger partial charge in [0.25, 0.3) is 0 Å². The van der Waals surface area contributed by atoms with Crippen molar-refractivity contribution in [3.05, 3.63) is 53.1 Å². The van der Waals surface area contributed by atoms with E-state index in [0.29, 0.717) is 11.6 Å². The first-order valence-corrected chi connectivity index (χ1v) is 5.26. The van der Waals surface area contributed by atoms with Crippen molar-refractivity contribution in [1.29, 1.82) is 0 Å². The standard InChI is InChI=1S/C12H11ClN2O/c1-16-10-4-2-9(3-5-10)8-12-14-7-6-11(13)15-12/h2-7H,8H2,1H3. The third kappa shape index (κ3) is 2.70. The maximum atomic E-state index is 5.79. The third-order valence-electron chi connectivity index (χ3n) is 2.19. The fraction of sp³-hybridized carbons (Fsp3) is 0.167. The Morgan fingerprint density at radius 1 is 1.19 bits per heavy atom. The quantitative estimate of drug-likeness (QED) is 0.766. The zero-order valence-electron chi connectivity index (χ0n) is 8.85. The summed E-state index contributed by atoms with van der Waals surface area (Å²) in [6.45, 7) is 0. The lowest BCUT2D eigenvalue weighted by Crippen LogP contribution is -1.96. The Kier molecular flexibility index (Phi) is 3.37. The van der Waals surface area contributed by atoms with Crippen molar-refractivity contribution >= 4 is 11.6 Å². The van der Waals surface area contributed by atoms with Crippen LogP contribution < -0.4 is 4.74 Å². The molecule has 0 aliphatic heterocycles. The summed E-state index contributed by atoms with van der Waals surface area (Å²) < 4.78 is 5.09. The van der Waals surface area contributed by atoms with Crippen molar-refractivity contribution in [2.75, 3.05) is 7.11 Å². The van der Waals surface area contributed by atoms with Gasteiger partial charge in [0.05, 0.1) is 7.11 Å². The van der Waals surface area contributed by atoms with Gasteiger partial charge in [0.15, 0.2) is 0 Å². The summed E-state index contributed by atoms with van der Waals surface area (Å²) >= 11 is 5.79. The Morgan fingerprint density at radius 2 is 1.94 bits per heavy atom. The second-order valence-electron chi connectivity index (χ2n) is 3.32. The van der Waals surface area contributed by atoms with E-state index >= 15 is 0 Å². The molecule has 1 heterocycles. The minimum absolute atomic E-state index is 0.471. The predicted octanol–water partition coefficient (Wildman–Crippen LogP) is 2.73. The van der Waals surface area contributed by atoms with E-state index in [1.807, 2.05) is 24.3 Å². The Hall–Kier alpha value is -1.61. The number of hydrogen-bond acceptors (Lipinski definition) is 3. The van der Waals surface area contributed by atoms with Gasteiger partial charge in [-0.3, -0.25) is 0 Å². The molecule has 1 aromatic heterocycles. The van der Waals surface area contributed by atoms with E-state index in [1.54, 1.807) is 19.4 Å². The van der Waals surface area contributed by atoms with E-state index in [2.05, 4.69) is 9.97 Å². The average Bonchev–Trinajstić information content (AvgIpc) is 2.30. The van der Waals surface area contributed by atoms with Crippen molar-refractivity contribution in [1.82, 2.24) is 9.97 Å². The van der Waals surface area contributed by atoms with E-state index in [1.165, 1.54) is 0 Å². The van der Waals surface area contributed by atoms with Gasteiger partial charge in [0.1, 0.15) is 16.7 Å². The molecule has 0 spiro atoms. The van der Waals surface area contributed by atoms with Gasteiger partial charge in [-0.2, -0.15) is 0 Å². The molecule has 0 aliphatic carbocycles. The summed E-state index contributed by atoms with van der Waals surface area (Å²) in [6, 6.07) is 9.48. The second kappa shape index (κ2) is 4.94. The number of hydrogen-bond donors (Lipinski definition) is 0. The molecule has 0 unspecified atom stereocenters. The van der Waals surface area contributed by atoms with Crippen LogP contribution in [0.1, 0.15) is 11.4 Å². The lowest BCUT2D eigenvalue weighted by atomic mass is 10.1. The molecule has 0 aliphatic rings. The van der Waals surface area contributed by atoms with Crippen LogP contribution in [0.5, 0.6) is 5.75 Å². The Balaban J connectivity index is 2.14. The van der Waals surface area contributed by atoms with Crippen LogP contribution in [0.3, 0.4) is 0 Å². The maximum absolute atomic E-state index is 5.79. The van der Waals surface area contributed by atoms with Gasteiger partial charge < -0.3 is 4.74 Å². The molecule has 0 radical (unpaired) electrons. The Morgan fingerprint density at radius 3 is 2.56 bits per heavy atom. The molecule has 0 atom stereocenters. The van der Waals surface area contributed by atoms with E-state index in [-0.39, 0.29) is 0 Å². The predicted molar refractivity (Wildman–Crippen MR) is 62.8 cm³/mol. The molecule has 2 aromatic rings. The number of halogens is 1. The highest BCUT2D eigenvalue weighted by atomic mass is 35.5.